The quantitative estimate of drug-likeness (QED) is 0.542. The molecular formula is C22H25N3O5. The number of likely N-dealkylation sites (tertiary alicyclic amines) is 1. The second-order valence-electron chi connectivity index (χ2n) is 7.97. The molecule has 1 amide bonds. The number of carbonyl (C=O) groups excluding carboxylic acids is 1. The minimum absolute atomic E-state index is 0.321. The summed E-state index contributed by atoms with van der Waals surface area (Å²) in [4.78, 5) is 41.2. The van der Waals surface area contributed by atoms with Crippen LogP contribution in [0.2, 0.25) is 0 Å². The average Bonchev–Trinajstić information content (AvgIpc) is 3.38. The summed E-state index contributed by atoms with van der Waals surface area (Å²) in [7, 11) is 0. The Morgan fingerprint density at radius 3 is 2.43 bits per heavy atom. The van der Waals surface area contributed by atoms with Gasteiger partial charge in [0.2, 0.25) is 5.91 Å². The van der Waals surface area contributed by atoms with Gasteiger partial charge in [0, 0.05) is 28.4 Å². The van der Waals surface area contributed by atoms with Crippen LogP contribution in [0.1, 0.15) is 37.3 Å². The Morgan fingerprint density at radius 1 is 1.07 bits per heavy atom. The predicted molar refractivity (Wildman–Crippen MR) is 111 cm³/mol. The molecule has 1 aromatic heterocycles. The second-order valence-corrected chi connectivity index (χ2v) is 7.97. The van der Waals surface area contributed by atoms with Crippen molar-refractivity contribution in [3.05, 3.63) is 42.1 Å². The van der Waals surface area contributed by atoms with Crippen molar-refractivity contribution < 1.29 is 24.6 Å². The highest BCUT2D eigenvalue weighted by Crippen LogP contribution is 2.33. The van der Waals surface area contributed by atoms with Crippen molar-refractivity contribution in [1.82, 2.24) is 9.88 Å². The number of nitrogens with zero attached hydrogens (tertiary/aromatic N) is 1. The summed E-state index contributed by atoms with van der Waals surface area (Å²) in [5.74, 6) is -3.51. The maximum absolute atomic E-state index is 12.7. The minimum Gasteiger partial charge on any atom is -0.481 e. The Hall–Kier alpha value is -3.13. The largest absolute Gasteiger partial charge is 0.481 e. The van der Waals surface area contributed by atoms with Crippen LogP contribution in [0, 0.1) is 11.8 Å². The zero-order valence-electron chi connectivity index (χ0n) is 16.5. The summed E-state index contributed by atoms with van der Waals surface area (Å²) >= 11 is 0. The standard InChI is InChI=1S/C22H25N3O5/c26-20(15-5-1-2-6-16(15)21(27)28)24-13-7-8-14-17(12-23-18(14)11-13)19(22(29)30)25-9-3-4-10-25/h1-2,7-8,11-12,15-16,19,23H,3-6,9-10H2,(H,24,26)(H,27,28)(H,29,30)/t15-,16+,19-/m1/s1. The van der Waals surface area contributed by atoms with E-state index in [0.717, 1.165) is 36.8 Å². The number of aliphatic carboxylic acids is 2. The van der Waals surface area contributed by atoms with Crippen LogP contribution >= 0.6 is 0 Å². The predicted octanol–water partition coefficient (Wildman–Crippen LogP) is 2.99. The number of aromatic amines is 1. The molecule has 1 aromatic carbocycles. The Labute approximate surface area is 173 Å². The van der Waals surface area contributed by atoms with Crippen molar-refractivity contribution in [2.75, 3.05) is 18.4 Å². The molecule has 1 fully saturated rings. The minimum atomic E-state index is -0.967. The summed E-state index contributed by atoms with van der Waals surface area (Å²) in [6.45, 7) is 1.52. The van der Waals surface area contributed by atoms with Crippen LogP contribution < -0.4 is 5.32 Å². The lowest BCUT2D eigenvalue weighted by atomic mass is 9.82. The number of H-pyrrole nitrogens is 1. The number of fused-ring (bicyclic) bond motifs is 1. The van der Waals surface area contributed by atoms with Gasteiger partial charge in [0.25, 0.3) is 0 Å². The van der Waals surface area contributed by atoms with Crippen LogP contribution in [0.15, 0.2) is 36.5 Å². The number of amides is 1. The van der Waals surface area contributed by atoms with Gasteiger partial charge in [-0.2, -0.15) is 0 Å². The van der Waals surface area contributed by atoms with Gasteiger partial charge in [-0.1, -0.05) is 18.2 Å². The smallest absolute Gasteiger partial charge is 0.325 e. The van der Waals surface area contributed by atoms with E-state index in [9.17, 15) is 24.6 Å². The van der Waals surface area contributed by atoms with E-state index in [1.54, 1.807) is 30.5 Å². The number of carboxylic acids is 2. The number of carboxylic acid groups (broad SMARTS) is 2. The van der Waals surface area contributed by atoms with Crippen molar-refractivity contribution in [3.8, 4) is 0 Å². The molecule has 4 rings (SSSR count). The lowest BCUT2D eigenvalue weighted by Gasteiger charge is -2.24. The highest BCUT2D eigenvalue weighted by atomic mass is 16.4. The van der Waals surface area contributed by atoms with Gasteiger partial charge >= 0.3 is 11.9 Å². The Kier molecular flexibility index (Phi) is 5.59. The topological polar surface area (TPSA) is 123 Å². The average molecular weight is 411 g/mol. The van der Waals surface area contributed by atoms with E-state index in [1.807, 2.05) is 11.0 Å². The number of anilines is 1. The maximum atomic E-state index is 12.7. The SMILES string of the molecule is O=C(O)[C@H]1CC=CC[C@H]1C(=O)Nc1ccc2c([C@H](C(=O)O)N3CCCC3)c[nH]c2c1. The van der Waals surface area contributed by atoms with Crippen LogP contribution in [0.5, 0.6) is 0 Å². The third-order valence-electron chi connectivity index (χ3n) is 6.10. The van der Waals surface area contributed by atoms with Crippen LogP contribution in [-0.2, 0) is 14.4 Å². The number of benzene rings is 1. The molecule has 8 heteroatoms. The fourth-order valence-corrected chi connectivity index (χ4v) is 4.55. The molecule has 2 aliphatic rings. The number of aromatic nitrogens is 1. The molecule has 0 spiro atoms. The Bertz CT molecular complexity index is 1010. The van der Waals surface area contributed by atoms with E-state index in [1.165, 1.54) is 0 Å². The fourth-order valence-electron chi connectivity index (χ4n) is 4.55. The summed E-state index contributed by atoms with van der Waals surface area (Å²) in [6.07, 6.45) is 8.10. The number of carbonyl (C=O) groups is 3. The molecule has 0 saturated carbocycles. The van der Waals surface area contributed by atoms with Crippen molar-refractivity contribution >= 4 is 34.4 Å². The van der Waals surface area contributed by atoms with E-state index in [0.29, 0.717) is 24.1 Å². The van der Waals surface area contributed by atoms with E-state index >= 15 is 0 Å². The number of rotatable bonds is 6. The molecule has 1 aliphatic carbocycles. The van der Waals surface area contributed by atoms with Gasteiger partial charge in [-0.3, -0.25) is 19.3 Å². The van der Waals surface area contributed by atoms with E-state index in [-0.39, 0.29) is 5.91 Å². The highest BCUT2D eigenvalue weighted by Gasteiger charge is 2.34. The molecule has 2 aromatic rings. The molecule has 158 valence electrons. The maximum Gasteiger partial charge on any atom is 0.325 e. The van der Waals surface area contributed by atoms with Crippen LogP contribution in [0.4, 0.5) is 5.69 Å². The zero-order chi connectivity index (χ0) is 21.3. The molecular weight excluding hydrogens is 386 g/mol. The number of nitrogens with one attached hydrogen (secondary N) is 2. The van der Waals surface area contributed by atoms with Crippen molar-refractivity contribution in [2.45, 2.75) is 31.7 Å². The van der Waals surface area contributed by atoms with Gasteiger partial charge in [0.1, 0.15) is 6.04 Å². The monoisotopic (exact) mass is 411 g/mol. The normalized spacial score (nSPS) is 22.8. The number of hydrogen-bond acceptors (Lipinski definition) is 4. The van der Waals surface area contributed by atoms with Crippen LogP contribution in [0.3, 0.4) is 0 Å². The lowest BCUT2D eigenvalue weighted by Crippen LogP contribution is -2.34. The van der Waals surface area contributed by atoms with Gasteiger partial charge < -0.3 is 20.5 Å². The van der Waals surface area contributed by atoms with E-state index in [4.69, 9.17) is 0 Å². The summed E-state index contributed by atoms with van der Waals surface area (Å²) in [5, 5.41) is 22.8. The number of hydrogen-bond donors (Lipinski definition) is 4. The third-order valence-corrected chi connectivity index (χ3v) is 6.10. The molecule has 2 heterocycles. The molecule has 1 aliphatic heterocycles. The first kappa shape index (κ1) is 20.2. The van der Waals surface area contributed by atoms with Crippen LogP contribution in [0.25, 0.3) is 10.9 Å². The second kappa shape index (κ2) is 8.31. The van der Waals surface area contributed by atoms with E-state index < -0.39 is 29.8 Å². The first-order valence-corrected chi connectivity index (χ1v) is 10.2. The molecule has 3 atom stereocenters. The summed E-state index contributed by atoms with van der Waals surface area (Å²) in [5.41, 5.74) is 1.99. The van der Waals surface area contributed by atoms with E-state index in [2.05, 4.69) is 10.3 Å². The summed E-state index contributed by atoms with van der Waals surface area (Å²) < 4.78 is 0. The van der Waals surface area contributed by atoms with Gasteiger partial charge in [-0.15, -0.1) is 0 Å². The molecule has 0 bridgehead atoms. The Morgan fingerprint density at radius 2 is 1.77 bits per heavy atom. The third kappa shape index (κ3) is 3.82. The molecule has 8 nitrogen and oxygen atoms in total. The van der Waals surface area contributed by atoms with Crippen molar-refractivity contribution in [2.24, 2.45) is 11.8 Å². The molecule has 30 heavy (non-hydrogen) atoms. The van der Waals surface area contributed by atoms with Gasteiger partial charge in [0.15, 0.2) is 0 Å². The van der Waals surface area contributed by atoms with Gasteiger partial charge in [-0.05, 0) is 50.9 Å². The lowest BCUT2D eigenvalue weighted by molar-refractivity contribution is -0.146. The number of allylic oxidation sites excluding steroid dienone is 2. The van der Waals surface area contributed by atoms with Gasteiger partial charge in [-0.25, -0.2) is 0 Å². The molecule has 4 N–H and O–H groups in total. The van der Waals surface area contributed by atoms with Crippen LogP contribution in [-0.4, -0.2) is 51.0 Å². The Balaban J connectivity index is 1.56. The molecule has 1 saturated heterocycles. The first-order chi connectivity index (χ1) is 14.5. The van der Waals surface area contributed by atoms with Crippen molar-refractivity contribution in [1.29, 1.82) is 0 Å². The van der Waals surface area contributed by atoms with Crippen molar-refractivity contribution in [3.63, 3.8) is 0 Å². The summed E-state index contributed by atoms with van der Waals surface area (Å²) in [6, 6.07) is 4.59. The van der Waals surface area contributed by atoms with Gasteiger partial charge in [0.05, 0.1) is 11.8 Å². The molecule has 0 radical (unpaired) electrons. The first-order valence-electron chi connectivity index (χ1n) is 10.2. The highest BCUT2D eigenvalue weighted by molar-refractivity contribution is 5.98. The fraction of sp³-hybridized carbons (Fsp3) is 0.409. The zero-order valence-corrected chi connectivity index (χ0v) is 16.5. The molecule has 0 unspecified atom stereocenters.